The highest BCUT2D eigenvalue weighted by Crippen LogP contribution is 2.29. The molecule has 2 aromatic heterocycles. The van der Waals surface area contributed by atoms with E-state index in [1.54, 1.807) is 24.1 Å². The van der Waals surface area contributed by atoms with Crippen LogP contribution in [0.4, 0.5) is 5.13 Å². The number of nitrogens with one attached hydrogen (secondary N) is 1. The molecule has 0 radical (unpaired) electrons. The van der Waals surface area contributed by atoms with Crippen LogP contribution in [0.2, 0.25) is 0 Å². The Kier molecular flexibility index (Phi) is 5.84. The van der Waals surface area contributed by atoms with Crippen molar-refractivity contribution in [1.82, 2.24) is 19.9 Å². The fourth-order valence-electron chi connectivity index (χ4n) is 3.01. The standard InChI is InChI=1S/C20H19N5O4S/c1-28-15-4-2-3-5-16(15)29-12-18(26)25-9-6-13-17(11-25)30-20(23-13)24-19(27)14-10-21-7-8-22-14/h2-5,7-8,10H,6,9,11-12H2,1H3,(H,23,24,27). The van der Waals surface area contributed by atoms with Crippen LogP contribution in [0.3, 0.4) is 0 Å². The number of ether oxygens (including phenoxy) is 2. The predicted octanol–water partition coefficient (Wildman–Crippen LogP) is 2.16. The maximum atomic E-state index is 12.6. The van der Waals surface area contributed by atoms with Crippen LogP contribution in [0.15, 0.2) is 42.9 Å². The predicted molar refractivity (Wildman–Crippen MR) is 110 cm³/mol. The number of carbonyl (C=O) groups is 2. The molecule has 2 amide bonds. The Morgan fingerprint density at radius 1 is 1.23 bits per heavy atom. The van der Waals surface area contributed by atoms with E-state index in [1.807, 2.05) is 12.1 Å². The highest BCUT2D eigenvalue weighted by atomic mass is 32.1. The smallest absolute Gasteiger partial charge is 0.277 e. The van der Waals surface area contributed by atoms with Crippen LogP contribution in [0.5, 0.6) is 11.5 Å². The molecule has 0 spiro atoms. The number of nitrogens with zero attached hydrogens (tertiary/aromatic N) is 4. The molecule has 9 nitrogen and oxygen atoms in total. The lowest BCUT2D eigenvalue weighted by atomic mass is 10.2. The van der Waals surface area contributed by atoms with Crippen LogP contribution < -0.4 is 14.8 Å². The molecule has 0 fully saturated rings. The van der Waals surface area contributed by atoms with E-state index in [1.165, 1.54) is 29.9 Å². The summed E-state index contributed by atoms with van der Waals surface area (Å²) in [5.41, 5.74) is 1.11. The van der Waals surface area contributed by atoms with Crippen molar-refractivity contribution in [2.24, 2.45) is 0 Å². The fourth-order valence-corrected chi connectivity index (χ4v) is 4.03. The van der Waals surface area contributed by atoms with E-state index >= 15 is 0 Å². The van der Waals surface area contributed by atoms with Gasteiger partial charge in [-0.25, -0.2) is 9.97 Å². The lowest BCUT2D eigenvalue weighted by Crippen LogP contribution is -2.38. The summed E-state index contributed by atoms with van der Waals surface area (Å²) < 4.78 is 10.9. The van der Waals surface area contributed by atoms with Crippen LogP contribution >= 0.6 is 11.3 Å². The topological polar surface area (TPSA) is 107 Å². The molecule has 0 unspecified atom stereocenters. The summed E-state index contributed by atoms with van der Waals surface area (Å²) in [5, 5.41) is 3.22. The Morgan fingerprint density at radius 2 is 2.07 bits per heavy atom. The highest BCUT2D eigenvalue weighted by Gasteiger charge is 2.25. The van der Waals surface area contributed by atoms with E-state index in [0.29, 0.717) is 36.1 Å². The average molecular weight is 425 g/mol. The van der Waals surface area contributed by atoms with Gasteiger partial charge in [-0.3, -0.25) is 19.9 Å². The third kappa shape index (κ3) is 4.38. The Balaban J connectivity index is 1.36. The summed E-state index contributed by atoms with van der Waals surface area (Å²) in [5.74, 6) is 0.618. The van der Waals surface area contributed by atoms with Crippen LogP contribution in [-0.4, -0.2) is 51.9 Å². The van der Waals surface area contributed by atoms with E-state index in [0.717, 1.165) is 10.6 Å². The van der Waals surface area contributed by atoms with E-state index in [-0.39, 0.29) is 24.1 Å². The molecule has 154 valence electrons. The SMILES string of the molecule is COc1ccccc1OCC(=O)N1CCc2nc(NC(=O)c3cnccn3)sc2C1. The van der Waals surface area contributed by atoms with Crippen molar-refractivity contribution in [3.8, 4) is 11.5 Å². The van der Waals surface area contributed by atoms with Gasteiger partial charge in [0.2, 0.25) is 0 Å². The molecule has 1 aromatic carbocycles. The minimum atomic E-state index is -0.368. The number of amides is 2. The van der Waals surface area contributed by atoms with Gasteiger partial charge in [0.05, 0.1) is 25.5 Å². The van der Waals surface area contributed by atoms with Gasteiger partial charge >= 0.3 is 0 Å². The molecule has 1 N–H and O–H groups in total. The van der Waals surface area contributed by atoms with Crippen molar-refractivity contribution in [3.05, 3.63) is 59.1 Å². The first kappa shape index (κ1) is 19.8. The maximum absolute atomic E-state index is 12.6. The molecular formula is C20H19N5O4S. The molecule has 1 aliphatic rings. The largest absolute Gasteiger partial charge is 0.493 e. The minimum Gasteiger partial charge on any atom is -0.493 e. The zero-order chi connectivity index (χ0) is 20.9. The van der Waals surface area contributed by atoms with Gasteiger partial charge in [-0.05, 0) is 12.1 Å². The number of aromatic nitrogens is 3. The number of rotatable bonds is 6. The van der Waals surface area contributed by atoms with E-state index in [2.05, 4.69) is 20.3 Å². The highest BCUT2D eigenvalue weighted by molar-refractivity contribution is 7.15. The maximum Gasteiger partial charge on any atom is 0.277 e. The number of hydrogen-bond donors (Lipinski definition) is 1. The lowest BCUT2D eigenvalue weighted by Gasteiger charge is -2.26. The van der Waals surface area contributed by atoms with Gasteiger partial charge in [0, 0.05) is 30.2 Å². The first-order valence-electron chi connectivity index (χ1n) is 9.23. The van der Waals surface area contributed by atoms with Crippen LogP contribution in [0, 0.1) is 0 Å². The summed E-state index contributed by atoms with van der Waals surface area (Å²) in [6.45, 7) is 0.898. The number of methoxy groups -OCH3 is 1. The van der Waals surface area contributed by atoms with Gasteiger partial charge < -0.3 is 14.4 Å². The molecule has 3 heterocycles. The average Bonchev–Trinajstić information content (AvgIpc) is 3.19. The third-order valence-corrected chi connectivity index (χ3v) is 5.52. The number of benzene rings is 1. The lowest BCUT2D eigenvalue weighted by molar-refractivity contribution is -0.134. The summed E-state index contributed by atoms with van der Waals surface area (Å²) in [6.07, 6.45) is 4.97. The van der Waals surface area contributed by atoms with Crippen molar-refractivity contribution < 1.29 is 19.1 Å². The van der Waals surface area contributed by atoms with Crippen molar-refractivity contribution in [2.75, 3.05) is 25.6 Å². The minimum absolute atomic E-state index is 0.0786. The number of carbonyl (C=O) groups excluding carboxylic acids is 2. The second-order valence-electron chi connectivity index (χ2n) is 6.44. The molecule has 0 saturated carbocycles. The monoisotopic (exact) mass is 425 g/mol. The first-order chi connectivity index (χ1) is 14.6. The Morgan fingerprint density at radius 3 is 2.83 bits per heavy atom. The Labute approximate surface area is 176 Å². The number of hydrogen-bond acceptors (Lipinski definition) is 8. The Hall–Kier alpha value is -3.53. The summed E-state index contributed by atoms with van der Waals surface area (Å²) in [7, 11) is 1.56. The molecule has 0 atom stereocenters. The van der Waals surface area contributed by atoms with Crippen molar-refractivity contribution >= 4 is 28.3 Å². The van der Waals surface area contributed by atoms with Gasteiger partial charge in [0.15, 0.2) is 23.2 Å². The fraction of sp³-hybridized carbons (Fsp3) is 0.250. The van der Waals surface area contributed by atoms with E-state index in [9.17, 15) is 9.59 Å². The van der Waals surface area contributed by atoms with Gasteiger partial charge in [-0.2, -0.15) is 0 Å². The van der Waals surface area contributed by atoms with E-state index < -0.39 is 0 Å². The van der Waals surface area contributed by atoms with Crippen molar-refractivity contribution in [2.45, 2.75) is 13.0 Å². The number of anilines is 1. The third-order valence-electron chi connectivity index (χ3n) is 4.52. The molecule has 0 aliphatic carbocycles. The molecule has 3 aromatic rings. The van der Waals surface area contributed by atoms with Crippen LogP contribution in [-0.2, 0) is 17.8 Å². The zero-order valence-electron chi connectivity index (χ0n) is 16.2. The van der Waals surface area contributed by atoms with Gasteiger partial charge in [0.1, 0.15) is 5.69 Å². The molecular weight excluding hydrogens is 406 g/mol. The van der Waals surface area contributed by atoms with Crippen LogP contribution in [0.25, 0.3) is 0 Å². The molecule has 0 saturated heterocycles. The van der Waals surface area contributed by atoms with Crippen LogP contribution in [0.1, 0.15) is 21.1 Å². The summed E-state index contributed by atoms with van der Waals surface area (Å²) in [4.78, 5) is 39.9. The Bertz CT molecular complexity index is 1060. The number of para-hydroxylation sites is 2. The van der Waals surface area contributed by atoms with Crippen molar-refractivity contribution in [1.29, 1.82) is 0 Å². The molecule has 30 heavy (non-hydrogen) atoms. The summed E-state index contributed by atoms with van der Waals surface area (Å²) >= 11 is 1.35. The molecule has 1 aliphatic heterocycles. The van der Waals surface area contributed by atoms with Gasteiger partial charge in [0.25, 0.3) is 11.8 Å². The zero-order valence-corrected chi connectivity index (χ0v) is 17.0. The molecule has 0 bridgehead atoms. The van der Waals surface area contributed by atoms with E-state index in [4.69, 9.17) is 9.47 Å². The molecule has 10 heteroatoms. The molecule has 4 rings (SSSR count). The second kappa shape index (κ2) is 8.87. The second-order valence-corrected chi connectivity index (χ2v) is 7.52. The summed E-state index contributed by atoms with van der Waals surface area (Å²) in [6, 6.07) is 7.20. The van der Waals surface area contributed by atoms with Gasteiger partial charge in [-0.15, -0.1) is 0 Å². The number of fused-ring (bicyclic) bond motifs is 1. The number of thiazole rings is 1. The van der Waals surface area contributed by atoms with Crippen molar-refractivity contribution in [3.63, 3.8) is 0 Å². The van der Waals surface area contributed by atoms with Gasteiger partial charge in [-0.1, -0.05) is 23.5 Å². The first-order valence-corrected chi connectivity index (χ1v) is 10.0. The quantitative estimate of drug-likeness (QED) is 0.645. The normalized spacial score (nSPS) is 12.8.